The van der Waals surface area contributed by atoms with Gasteiger partial charge in [0, 0.05) is 11.3 Å². The highest BCUT2D eigenvalue weighted by Crippen LogP contribution is 2.75. The number of hydrogen-bond donors (Lipinski definition) is 3. The van der Waals surface area contributed by atoms with Crippen LogP contribution in [0.15, 0.2) is 23.3 Å². The Morgan fingerprint density at radius 2 is 1.76 bits per heavy atom. The van der Waals surface area contributed by atoms with Crippen LogP contribution < -0.4 is 0 Å². The first-order valence-electron chi connectivity index (χ1n) is 13.3. The fourth-order valence-electron chi connectivity index (χ4n) is 10.1. The summed E-state index contributed by atoms with van der Waals surface area (Å²) in [5, 5.41) is 31.6. The van der Waals surface area contributed by atoms with Gasteiger partial charge in [0.25, 0.3) is 0 Å². The molecule has 0 aromatic rings. The van der Waals surface area contributed by atoms with E-state index < -0.39 is 22.9 Å². The topological polar surface area (TPSA) is 77.8 Å². The summed E-state index contributed by atoms with van der Waals surface area (Å²) in [6.07, 6.45) is 12.4. The third-order valence-electron chi connectivity index (χ3n) is 12.5. The van der Waals surface area contributed by atoms with Crippen LogP contribution in [-0.4, -0.2) is 34.0 Å². The zero-order valence-corrected chi connectivity index (χ0v) is 21.3. The van der Waals surface area contributed by atoms with Crippen LogP contribution in [0.4, 0.5) is 0 Å². The first-order valence-corrected chi connectivity index (χ1v) is 13.3. The second-order valence-corrected chi connectivity index (χ2v) is 13.5. The highest BCUT2D eigenvalue weighted by Gasteiger charge is 2.69. The summed E-state index contributed by atoms with van der Waals surface area (Å²) in [5.74, 6) is 0.311. The Kier molecular flexibility index (Phi) is 5.15. The number of carboxylic acids is 1. The minimum Gasteiger partial charge on any atom is -0.481 e. The van der Waals surface area contributed by atoms with Crippen molar-refractivity contribution in [2.24, 2.45) is 44.8 Å². The minimum absolute atomic E-state index is 0.0107. The van der Waals surface area contributed by atoms with Crippen molar-refractivity contribution in [3.05, 3.63) is 23.3 Å². The van der Waals surface area contributed by atoms with E-state index in [4.69, 9.17) is 0 Å². The second-order valence-electron chi connectivity index (χ2n) is 13.5. The van der Waals surface area contributed by atoms with Gasteiger partial charge in [0.15, 0.2) is 0 Å². The zero-order valence-electron chi connectivity index (χ0n) is 21.3. The molecule has 0 bridgehead atoms. The van der Waals surface area contributed by atoms with E-state index in [1.807, 2.05) is 0 Å². The van der Waals surface area contributed by atoms with Gasteiger partial charge in [0.05, 0.1) is 18.1 Å². The van der Waals surface area contributed by atoms with Crippen LogP contribution in [0.2, 0.25) is 0 Å². The molecule has 0 heterocycles. The first kappa shape index (κ1) is 23.6. The molecule has 0 radical (unpaired) electrons. The normalized spacial score (nSPS) is 53.5. The Hall–Kier alpha value is -1.13. The van der Waals surface area contributed by atoms with Crippen LogP contribution >= 0.6 is 0 Å². The second kappa shape index (κ2) is 7.20. The van der Waals surface area contributed by atoms with E-state index in [0.29, 0.717) is 18.3 Å². The summed E-state index contributed by atoms with van der Waals surface area (Å²) in [4.78, 5) is 12.6. The zero-order chi connectivity index (χ0) is 24.0. The van der Waals surface area contributed by atoms with Gasteiger partial charge in [-0.3, -0.25) is 4.79 Å². The van der Waals surface area contributed by atoms with Crippen molar-refractivity contribution in [1.29, 1.82) is 0 Å². The van der Waals surface area contributed by atoms with Gasteiger partial charge in [-0.1, -0.05) is 51.0 Å². The molecular formula is C29H44O4. The maximum absolute atomic E-state index is 12.6. The van der Waals surface area contributed by atoms with Crippen molar-refractivity contribution in [3.8, 4) is 0 Å². The molecule has 33 heavy (non-hydrogen) atoms. The van der Waals surface area contributed by atoms with Crippen molar-refractivity contribution >= 4 is 5.97 Å². The SMILES string of the molecule is CC1=CC[C@]2(C(=O)O)CC[C@]3(C)C(=CC[C@@H]4[C@@]5(C)CC[C@H](O)[C@@](C)(CO)[C@@H]5CC[C@]43C)[C@@H]2C1. The van der Waals surface area contributed by atoms with Crippen LogP contribution in [0.1, 0.15) is 92.4 Å². The molecule has 4 heteroatoms. The van der Waals surface area contributed by atoms with Crippen LogP contribution in [0.25, 0.3) is 0 Å². The summed E-state index contributed by atoms with van der Waals surface area (Å²) in [6.45, 7) is 11.7. The Bertz CT molecular complexity index is 921. The monoisotopic (exact) mass is 456 g/mol. The summed E-state index contributed by atoms with van der Waals surface area (Å²) < 4.78 is 0. The van der Waals surface area contributed by atoms with E-state index in [0.717, 1.165) is 51.4 Å². The molecule has 0 aromatic carbocycles. The number of aliphatic carboxylic acids is 1. The Morgan fingerprint density at radius 1 is 1.03 bits per heavy atom. The quantitative estimate of drug-likeness (QED) is 0.463. The van der Waals surface area contributed by atoms with E-state index >= 15 is 0 Å². The number of hydrogen-bond acceptors (Lipinski definition) is 3. The summed E-state index contributed by atoms with van der Waals surface area (Å²) in [6, 6.07) is 0. The predicted molar refractivity (Wildman–Crippen MR) is 129 cm³/mol. The van der Waals surface area contributed by atoms with Crippen molar-refractivity contribution < 1.29 is 20.1 Å². The highest BCUT2D eigenvalue weighted by atomic mass is 16.4. The molecule has 5 aliphatic rings. The third kappa shape index (κ3) is 2.74. The molecule has 5 aliphatic carbocycles. The number of fused-ring (bicyclic) bond motifs is 7. The van der Waals surface area contributed by atoms with Gasteiger partial charge < -0.3 is 15.3 Å². The van der Waals surface area contributed by atoms with Gasteiger partial charge in [-0.05, 0) is 92.8 Å². The van der Waals surface area contributed by atoms with Crippen molar-refractivity contribution in [2.75, 3.05) is 6.61 Å². The number of rotatable bonds is 2. The third-order valence-corrected chi connectivity index (χ3v) is 12.5. The molecule has 0 saturated heterocycles. The van der Waals surface area contributed by atoms with Crippen LogP contribution in [0.3, 0.4) is 0 Å². The lowest BCUT2D eigenvalue weighted by Crippen LogP contribution is -2.65. The van der Waals surface area contributed by atoms with Gasteiger partial charge in [0.2, 0.25) is 0 Å². The number of aliphatic hydroxyl groups is 2. The van der Waals surface area contributed by atoms with Gasteiger partial charge in [-0.15, -0.1) is 0 Å². The average Bonchev–Trinajstić information content (AvgIpc) is 2.77. The summed E-state index contributed by atoms with van der Waals surface area (Å²) >= 11 is 0. The Morgan fingerprint density at radius 3 is 2.42 bits per heavy atom. The molecule has 9 atom stereocenters. The summed E-state index contributed by atoms with van der Waals surface area (Å²) in [5.41, 5.74) is 1.90. The van der Waals surface area contributed by atoms with Gasteiger partial charge >= 0.3 is 5.97 Å². The fourth-order valence-corrected chi connectivity index (χ4v) is 10.1. The van der Waals surface area contributed by atoms with Crippen LogP contribution in [-0.2, 0) is 4.79 Å². The van der Waals surface area contributed by atoms with Gasteiger partial charge in [-0.25, -0.2) is 0 Å². The lowest BCUT2D eigenvalue weighted by atomic mass is 9.34. The molecule has 0 aromatic heterocycles. The van der Waals surface area contributed by atoms with Crippen LogP contribution in [0.5, 0.6) is 0 Å². The lowest BCUT2D eigenvalue weighted by Gasteiger charge is -2.70. The molecule has 3 saturated carbocycles. The average molecular weight is 457 g/mol. The molecule has 0 aliphatic heterocycles. The first-order chi connectivity index (χ1) is 15.4. The number of allylic oxidation sites excluding steroid dienone is 4. The molecule has 5 rings (SSSR count). The van der Waals surface area contributed by atoms with Gasteiger partial charge in [0.1, 0.15) is 0 Å². The van der Waals surface area contributed by atoms with Crippen molar-refractivity contribution in [2.45, 2.75) is 98.5 Å². The molecule has 4 nitrogen and oxygen atoms in total. The lowest BCUT2D eigenvalue weighted by molar-refractivity contribution is -0.214. The molecule has 0 amide bonds. The van der Waals surface area contributed by atoms with E-state index in [2.05, 4.69) is 46.8 Å². The van der Waals surface area contributed by atoms with E-state index in [-0.39, 0.29) is 28.8 Å². The van der Waals surface area contributed by atoms with E-state index in [1.54, 1.807) is 0 Å². The van der Waals surface area contributed by atoms with Crippen LogP contribution in [0, 0.1) is 44.8 Å². The maximum Gasteiger partial charge on any atom is 0.310 e. The Balaban J connectivity index is 1.60. The molecular weight excluding hydrogens is 412 g/mol. The summed E-state index contributed by atoms with van der Waals surface area (Å²) in [7, 11) is 0. The van der Waals surface area contributed by atoms with E-state index in [9.17, 15) is 20.1 Å². The van der Waals surface area contributed by atoms with Crippen molar-refractivity contribution in [3.63, 3.8) is 0 Å². The molecule has 0 spiro atoms. The number of carbonyl (C=O) groups is 1. The molecule has 3 N–H and O–H groups in total. The largest absolute Gasteiger partial charge is 0.481 e. The standard InChI is InChI=1S/C29H44O4/c1-18-8-13-29(24(32)33)15-14-27(4)19(20(29)16-18)6-7-22-25(2)11-10-23(31)26(3,17-30)21(25)9-12-28(22,27)5/h6,8,20-23,30-31H,7,9-17H2,1-5H3,(H,32,33)/t20-,21+,22+,23-,25-,26-,27+,28+,29-/m0/s1. The number of carboxylic acid groups (broad SMARTS) is 1. The fraction of sp³-hybridized carbons (Fsp3) is 0.828. The molecule has 184 valence electrons. The van der Waals surface area contributed by atoms with E-state index in [1.165, 1.54) is 11.1 Å². The maximum atomic E-state index is 12.6. The minimum atomic E-state index is -0.639. The Labute approximate surface area is 199 Å². The predicted octanol–water partition coefficient (Wildman–Crippen LogP) is 5.74. The molecule has 3 fully saturated rings. The number of aliphatic hydroxyl groups excluding tert-OH is 2. The van der Waals surface area contributed by atoms with Gasteiger partial charge in [-0.2, -0.15) is 0 Å². The smallest absolute Gasteiger partial charge is 0.310 e. The van der Waals surface area contributed by atoms with Crippen molar-refractivity contribution in [1.82, 2.24) is 0 Å². The highest BCUT2D eigenvalue weighted by molar-refractivity contribution is 5.77. The molecule has 0 unspecified atom stereocenters.